The molecule has 4 aromatic rings. The molecule has 51 heavy (non-hydrogen) atoms. The second kappa shape index (κ2) is 16.7. The molecule has 0 bridgehead atoms. The van der Waals surface area contributed by atoms with Gasteiger partial charge in [0.2, 0.25) is 0 Å². The van der Waals surface area contributed by atoms with Gasteiger partial charge < -0.3 is 23.7 Å². The lowest BCUT2D eigenvalue weighted by Gasteiger charge is -2.25. The Morgan fingerprint density at radius 3 is 2.47 bits per heavy atom. The molecular weight excluding hydrogens is 711 g/mol. The molecule has 0 unspecified atom stereocenters. The number of carbonyl (C=O) groups is 1. The fourth-order valence-corrected chi connectivity index (χ4v) is 7.12. The number of benzene rings is 3. The summed E-state index contributed by atoms with van der Waals surface area (Å²) < 4.78 is 31.3. The molecular formula is C39H40Cl2N2O7S. The molecule has 1 aliphatic heterocycles. The van der Waals surface area contributed by atoms with Crippen LogP contribution in [-0.2, 0) is 22.6 Å². The van der Waals surface area contributed by atoms with Gasteiger partial charge in [0.1, 0.15) is 6.61 Å². The van der Waals surface area contributed by atoms with Crippen LogP contribution in [0, 0.1) is 0 Å². The maximum Gasteiger partial charge on any atom is 0.338 e. The molecule has 0 fully saturated rings. The third kappa shape index (κ3) is 8.35. The molecule has 0 aliphatic carbocycles. The molecule has 0 saturated carbocycles. The van der Waals surface area contributed by atoms with E-state index in [1.165, 1.54) is 15.9 Å². The Kier molecular flexibility index (Phi) is 12.3. The number of carbonyl (C=O) groups excluding carboxylic acids is 1. The molecule has 0 amide bonds. The molecule has 0 spiro atoms. The van der Waals surface area contributed by atoms with E-state index >= 15 is 0 Å². The van der Waals surface area contributed by atoms with Gasteiger partial charge >= 0.3 is 5.97 Å². The number of fused-ring (bicyclic) bond motifs is 1. The molecule has 2 heterocycles. The van der Waals surface area contributed by atoms with Crippen LogP contribution in [0.25, 0.3) is 6.08 Å². The van der Waals surface area contributed by atoms with Gasteiger partial charge in [0.15, 0.2) is 27.8 Å². The van der Waals surface area contributed by atoms with Crippen LogP contribution >= 0.6 is 34.5 Å². The number of hydrogen-bond donors (Lipinski definition) is 0. The average Bonchev–Trinajstić information content (AvgIpc) is 3.39. The zero-order chi connectivity index (χ0) is 36.8. The minimum absolute atomic E-state index is 0.0851. The first-order valence-corrected chi connectivity index (χ1v) is 18.1. The van der Waals surface area contributed by atoms with E-state index in [4.69, 9.17) is 51.9 Å². The van der Waals surface area contributed by atoms with E-state index < -0.39 is 12.0 Å². The molecule has 12 heteroatoms. The second-order valence-electron chi connectivity index (χ2n) is 11.8. The monoisotopic (exact) mass is 750 g/mol. The van der Waals surface area contributed by atoms with Crippen molar-refractivity contribution in [2.45, 2.75) is 59.8 Å². The molecule has 3 aromatic carbocycles. The Morgan fingerprint density at radius 1 is 1.02 bits per heavy atom. The van der Waals surface area contributed by atoms with Gasteiger partial charge in [-0.3, -0.25) is 9.36 Å². The van der Waals surface area contributed by atoms with Crippen LogP contribution in [0.15, 0.2) is 82.2 Å². The lowest BCUT2D eigenvalue weighted by molar-refractivity contribution is -0.139. The maximum atomic E-state index is 14.4. The standard InChI is InChI=1S/C39H40Cl2N2O7S/c1-8-11-27-16-25(18-32(47-9-2)36(27)49-21-24-12-14-28(40)29(41)17-24)19-33-37(44)43-35(26-13-15-30(50-22(4)5)31(20-26)46-7)34(38(45)48-10-3)23(6)42-39(43)51-33/h8,12-20,22,35H,1,9-11,21H2,2-7H3/b33-19-/t35-/m0/s1. The van der Waals surface area contributed by atoms with Gasteiger partial charge in [-0.1, -0.05) is 52.7 Å². The highest BCUT2D eigenvalue weighted by Crippen LogP contribution is 2.38. The van der Waals surface area contributed by atoms with Crippen molar-refractivity contribution in [3.8, 4) is 23.0 Å². The van der Waals surface area contributed by atoms with Crippen molar-refractivity contribution in [3.05, 3.63) is 124 Å². The van der Waals surface area contributed by atoms with Crippen molar-refractivity contribution in [1.82, 2.24) is 4.57 Å². The molecule has 9 nitrogen and oxygen atoms in total. The number of thiazole rings is 1. The number of allylic oxidation sites excluding steroid dienone is 2. The van der Waals surface area contributed by atoms with Gasteiger partial charge in [-0.05, 0) is 100 Å². The van der Waals surface area contributed by atoms with E-state index in [0.29, 0.717) is 66.7 Å². The molecule has 1 atom stereocenters. The number of methoxy groups -OCH3 is 1. The molecule has 0 saturated heterocycles. The lowest BCUT2D eigenvalue weighted by atomic mass is 9.95. The van der Waals surface area contributed by atoms with Gasteiger partial charge in [-0.15, -0.1) is 6.58 Å². The molecule has 5 rings (SSSR count). The first-order valence-electron chi connectivity index (χ1n) is 16.5. The lowest BCUT2D eigenvalue weighted by Crippen LogP contribution is -2.40. The summed E-state index contributed by atoms with van der Waals surface area (Å²) in [5.41, 5.74) is 3.44. The summed E-state index contributed by atoms with van der Waals surface area (Å²) in [7, 11) is 1.55. The Balaban J connectivity index is 1.63. The number of nitrogens with zero attached hydrogens (tertiary/aromatic N) is 2. The maximum absolute atomic E-state index is 14.4. The van der Waals surface area contributed by atoms with Crippen molar-refractivity contribution < 1.29 is 28.5 Å². The summed E-state index contributed by atoms with van der Waals surface area (Å²) in [6, 6.07) is 13.7. The van der Waals surface area contributed by atoms with E-state index in [-0.39, 0.29) is 30.5 Å². The number of esters is 1. The third-order valence-corrected chi connectivity index (χ3v) is 9.59. The van der Waals surface area contributed by atoms with E-state index in [1.807, 2.05) is 45.0 Å². The zero-order valence-electron chi connectivity index (χ0n) is 29.4. The highest BCUT2D eigenvalue weighted by molar-refractivity contribution is 7.07. The molecule has 0 N–H and O–H groups in total. The van der Waals surface area contributed by atoms with Gasteiger partial charge in [0.25, 0.3) is 5.56 Å². The summed E-state index contributed by atoms with van der Waals surface area (Å²) in [4.78, 5) is 32.9. The predicted octanol–water partition coefficient (Wildman–Crippen LogP) is 7.61. The highest BCUT2D eigenvalue weighted by atomic mass is 35.5. The number of halogens is 2. The van der Waals surface area contributed by atoms with Crippen molar-refractivity contribution >= 4 is 46.6 Å². The normalized spacial score (nSPS) is 14.2. The van der Waals surface area contributed by atoms with Crippen LogP contribution in [-0.4, -0.2) is 37.0 Å². The summed E-state index contributed by atoms with van der Waals surface area (Å²) >= 11 is 13.6. The highest BCUT2D eigenvalue weighted by Gasteiger charge is 2.34. The SMILES string of the molecule is C=CCc1cc(/C=c2\sc3n(c2=O)[C@@H](c2ccc(OC(C)C)c(OC)c2)C(C(=O)OCC)=C(C)N=3)cc(OCC)c1OCc1ccc(Cl)c(Cl)c1. The van der Waals surface area contributed by atoms with Gasteiger partial charge in [0, 0.05) is 5.56 Å². The number of aromatic nitrogens is 1. The molecule has 1 aromatic heterocycles. The van der Waals surface area contributed by atoms with E-state index in [2.05, 4.69) is 6.58 Å². The average molecular weight is 752 g/mol. The predicted molar refractivity (Wildman–Crippen MR) is 201 cm³/mol. The third-order valence-electron chi connectivity index (χ3n) is 7.87. The molecule has 268 valence electrons. The van der Waals surface area contributed by atoms with Crippen LogP contribution < -0.4 is 33.8 Å². The summed E-state index contributed by atoms with van der Waals surface area (Å²) in [5.74, 6) is 1.55. The number of rotatable bonds is 14. The van der Waals surface area contributed by atoms with Crippen LogP contribution in [0.5, 0.6) is 23.0 Å². The fourth-order valence-electron chi connectivity index (χ4n) is 5.75. The fraction of sp³-hybridized carbons (Fsp3) is 0.308. The zero-order valence-corrected chi connectivity index (χ0v) is 31.7. The number of ether oxygens (including phenoxy) is 5. The largest absolute Gasteiger partial charge is 0.493 e. The summed E-state index contributed by atoms with van der Waals surface area (Å²) in [6.45, 7) is 13.9. The van der Waals surface area contributed by atoms with Gasteiger partial charge in [-0.2, -0.15) is 0 Å². The quantitative estimate of drug-likeness (QED) is 0.0967. The van der Waals surface area contributed by atoms with Crippen molar-refractivity contribution in [3.63, 3.8) is 0 Å². The van der Waals surface area contributed by atoms with Gasteiger partial charge in [0.05, 0.1) is 58.3 Å². The molecule has 0 radical (unpaired) electrons. The van der Waals surface area contributed by atoms with E-state index in [0.717, 1.165) is 16.7 Å². The van der Waals surface area contributed by atoms with Crippen molar-refractivity contribution in [2.75, 3.05) is 20.3 Å². The Bertz CT molecular complexity index is 2170. The summed E-state index contributed by atoms with van der Waals surface area (Å²) in [5, 5.41) is 0.902. The Hall–Kier alpha value is -4.51. The van der Waals surface area contributed by atoms with Crippen LogP contribution in [0.2, 0.25) is 10.0 Å². The first-order chi connectivity index (χ1) is 24.5. The van der Waals surface area contributed by atoms with E-state index in [1.54, 1.807) is 57.4 Å². The van der Waals surface area contributed by atoms with Crippen LogP contribution in [0.1, 0.15) is 62.9 Å². The van der Waals surface area contributed by atoms with Crippen molar-refractivity contribution in [2.24, 2.45) is 4.99 Å². The number of hydrogen-bond acceptors (Lipinski definition) is 9. The van der Waals surface area contributed by atoms with Crippen LogP contribution in [0.3, 0.4) is 0 Å². The Morgan fingerprint density at radius 2 is 1.80 bits per heavy atom. The molecule has 1 aliphatic rings. The minimum atomic E-state index is -0.822. The minimum Gasteiger partial charge on any atom is -0.493 e. The van der Waals surface area contributed by atoms with Gasteiger partial charge in [-0.25, -0.2) is 9.79 Å². The van der Waals surface area contributed by atoms with Crippen LogP contribution in [0.4, 0.5) is 0 Å². The first kappa shape index (κ1) is 37.7. The Labute approximate surface area is 311 Å². The summed E-state index contributed by atoms with van der Waals surface area (Å²) in [6.07, 6.45) is 3.97. The second-order valence-corrected chi connectivity index (χ2v) is 13.7. The smallest absolute Gasteiger partial charge is 0.338 e. The topological polar surface area (TPSA) is 97.6 Å². The van der Waals surface area contributed by atoms with E-state index in [9.17, 15) is 9.59 Å². The van der Waals surface area contributed by atoms with Crippen molar-refractivity contribution in [1.29, 1.82) is 0 Å².